The monoisotopic (exact) mass is 362 g/mol. The highest BCUT2D eigenvalue weighted by Gasteiger charge is 2.41. The van der Waals surface area contributed by atoms with E-state index in [1.165, 1.54) is 25.7 Å². The predicted molar refractivity (Wildman–Crippen MR) is 104 cm³/mol. The van der Waals surface area contributed by atoms with Crippen LogP contribution < -0.4 is 0 Å². The van der Waals surface area contributed by atoms with Crippen LogP contribution in [0.15, 0.2) is 48.5 Å². The van der Waals surface area contributed by atoms with E-state index in [2.05, 4.69) is 12.1 Å². The third kappa shape index (κ3) is 2.98. The van der Waals surface area contributed by atoms with Crippen LogP contribution in [0.4, 0.5) is 0 Å². The lowest BCUT2D eigenvalue weighted by Gasteiger charge is -2.26. The Hall–Kier alpha value is -2.13. The number of carbonyl (C=O) groups is 1. The van der Waals surface area contributed by atoms with Crippen molar-refractivity contribution in [3.63, 3.8) is 0 Å². The molecule has 0 spiro atoms. The van der Waals surface area contributed by atoms with E-state index in [4.69, 9.17) is 9.47 Å². The van der Waals surface area contributed by atoms with Gasteiger partial charge in [0, 0.05) is 0 Å². The molecule has 0 saturated heterocycles. The summed E-state index contributed by atoms with van der Waals surface area (Å²) in [4.78, 5) is 13.0. The van der Waals surface area contributed by atoms with E-state index in [9.17, 15) is 4.79 Å². The Morgan fingerprint density at radius 3 is 2.26 bits per heavy atom. The molecular formula is C24H26O3. The first-order valence-electron chi connectivity index (χ1n) is 10.2. The molecule has 4 unspecified atom stereocenters. The lowest BCUT2D eigenvalue weighted by molar-refractivity contribution is -0.150. The van der Waals surface area contributed by atoms with Gasteiger partial charge < -0.3 is 9.47 Å². The second-order valence-electron chi connectivity index (χ2n) is 8.40. The molecule has 2 fully saturated rings. The standard InChI is InChI=1S/C24H26O3/c1-15(27-22-13-16-10-11-17(22)12-16)14-26-24(25)23-20-8-4-2-6-18(20)19-7-3-5-9-21(19)23/h2-9,15-17,22-23H,10-14H2,1H3. The van der Waals surface area contributed by atoms with Crippen molar-refractivity contribution >= 4 is 5.97 Å². The first kappa shape index (κ1) is 17.0. The van der Waals surface area contributed by atoms with Crippen molar-refractivity contribution in [3.8, 4) is 11.1 Å². The van der Waals surface area contributed by atoms with Crippen LogP contribution in [-0.2, 0) is 14.3 Å². The van der Waals surface area contributed by atoms with E-state index < -0.39 is 0 Å². The van der Waals surface area contributed by atoms with E-state index in [1.54, 1.807) is 0 Å². The molecule has 0 aromatic heterocycles. The van der Waals surface area contributed by atoms with Crippen LogP contribution in [0.5, 0.6) is 0 Å². The summed E-state index contributed by atoms with van der Waals surface area (Å²) in [6.07, 6.45) is 5.50. The van der Waals surface area contributed by atoms with Gasteiger partial charge in [0.25, 0.3) is 0 Å². The number of rotatable bonds is 5. The van der Waals surface area contributed by atoms with Gasteiger partial charge in [-0.25, -0.2) is 0 Å². The van der Waals surface area contributed by atoms with Crippen molar-refractivity contribution < 1.29 is 14.3 Å². The van der Waals surface area contributed by atoms with Crippen LogP contribution >= 0.6 is 0 Å². The number of carbonyl (C=O) groups excluding carboxylic acids is 1. The largest absolute Gasteiger partial charge is 0.462 e. The van der Waals surface area contributed by atoms with Crippen molar-refractivity contribution in [2.45, 2.75) is 50.7 Å². The Balaban J connectivity index is 1.26. The Kier molecular flexibility index (Phi) is 4.28. The van der Waals surface area contributed by atoms with Crippen molar-refractivity contribution in [1.82, 2.24) is 0 Å². The molecule has 0 amide bonds. The number of benzene rings is 2. The van der Waals surface area contributed by atoms with E-state index in [-0.39, 0.29) is 18.0 Å². The lowest BCUT2D eigenvalue weighted by Crippen LogP contribution is -2.29. The zero-order valence-electron chi connectivity index (χ0n) is 15.8. The van der Waals surface area contributed by atoms with Gasteiger partial charge in [0.05, 0.1) is 12.2 Å². The van der Waals surface area contributed by atoms with Crippen LogP contribution in [0.2, 0.25) is 0 Å². The van der Waals surface area contributed by atoms with Gasteiger partial charge in [0.2, 0.25) is 0 Å². The zero-order valence-corrected chi connectivity index (χ0v) is 15.8. The fourth-order valence-corrected chi connectivity index (χ4v) is 5.38. The molecule has 3 nitrogen and oxygen atoms in total. The van der Waals surface area contributed by atoms with Crippen molar-refractivity contribution in [2.75, 3.05) is 6.61 Å². The second-order valence-corrected chi connectivity index (χ2v) is 8.40. The first-order valence-corrected chi connectivity index (χ1v) is 10.2. The fourth-order valence-electron chi connectivity index (χ4n) is 5.38. The molecule has 2 saturated carbocycles. The third-order valence-corrected chi connectivity index (χ3v) is 6.61. The predicted octanol–water partition coefficient (Wildman–Crippen LogP) is 4.94. The zero-order chi connectivity index (χ0) is 18.4. The maximum atomic E-state index is 13.0. The van der Waals surface area contributed by atoms with Gasteiger partial charge in [-0.15, -0.1) is 0 Å². The van der Waals surface area contributed by atoms with E-state index in [1.807, 2.05) is 43.3 Å². The van der Waals surface area contributed by atoms with Gasteiger partial charge in [-0.3, -0.25) is 4.79 Å². The van der Waals surface area contributed by atoms with Crippen molar-refractivity contribution in [1.29, 1.82) is 0 Å². The number of hydrogen-bond acceptors (Lipinski definition) is 3. The second kappa shape index (κ2) is 6.79. The highest BCUT2D eigenvalue weighted by atomic mass is 16.6. The summed E-state index contributed by atoms with van der Waals surface area (Å²) in [6.45, 7) is 2.35. The summed E-state index contributed by atoms with van der Waals surface area (Å²) < 4.78 is 11.9. The van der Waals surface area contributed by atoms with Crippen molar-refractivity contribution in [2.24, 2.45) is 11.8 Å². The minimum atomic E-state index is -0.327. The minimum absolute atomic E-state index is 0.0507. The topological polar surface area (TPSA) is 35.5 Å². The summed E-state index contributed by atoms with van der Waals surface area (Å²) in [5, 5.41) is 0. The molecule has 0 radical (unpaired) electrons. The number of hydrogen-bond donors (Lipinski definition) is 0. The molecule has 0 N–H and O–H groups in total. The first-order chi connectivity index (χ1) is 13.2. The molecule has 2 bridgehead atoms. The molecule has 5 rings (SSSR count). The maximum absolute atomic E-state index is 13.0. The molecule has 140 valence electrons. The third-order valence-electron chi connectivity index (χ3n) is 6.61. The summed E-state index contributed by atoms with van der Waals surface area (Å²) in [7, 11) is 0. The summed E-state index contributed by atoms with van der Waals surface area (Å²) in [5.74, 6) is 1.09. The van der Waals surface area contributed by atoms with Crippen LogP contribution in [-0.4, -0.2) is 24.8 Å². The molecule has 0 heterocycles. The normalized spacial score (nSPS) is 26.6. The molecule has 3 aliphatic rings. The number of fused-ring (bicyclic) bond motifs is 5. The van der Waals surface area contributed by atoms with Gasteiger partial charge in [0.1, 0.15) is 12.5 Å². The SMILES string of the molecule is CC(COC(=O)C1c2ccccc2-c2ccccc21)OC1CC2CCC1C2. The molecule has 2 aromatic carbocycles. The van der Waals surface area contributed by atoms with Crippen LogP contribution in [0.3, 0.4) is 0 Å². The Morgan fingerprint density at radius 2 is 1.67 bits per heavy atom. The molecule has 0 aliphatic heterocycles. The number of ether oxygens (including phenoxy) is 2. The molecular weight excluding hydrogens is 336 g/mol. The van der Waals surface area contributed by atoms with Crippen molar-refractivity contribution in [3.05, 3.63) is 59.7 Å². The van der Waals surface area contributed by atoms with Crippen LogP contribution in [0.1, 0.15) is 49.7 Å². The highest BCUT2D eigenvalue weighted by molar-refractivity contribution is 5.93. The average molecular weight is 362 g/mol. The Morgan fingerprint density at radius 1 is 1.00 bits per heavy atom. The van der Waals surface area contributed by atoms with Crippen LogP contribution in [0, 0.1) is 11.8 Å². The van der Waals surface area contributed by atoms with Gasteiger partial charge in [0.15, 0.2) is 0 Å². The quantitative estimate of drug-likeness (QED) is 0.707. The van der Waals surface area contributed by atoms with E-state index >= 15 is 0 Å². The molecule has 27 heavy (non-hydrogen) atoms. The smallest absolute Gasteiger partial charge is 0.318 e. The van der Waals surface area contributed by atoms with E-state index in [0.717, 1.165) is 34.1 Å². The Bertz CT molecular complexity index is 813. The molecule has 2 aromatic rings. The van der Waals surface area contributed by atoms with E-state index in [0.29, 0.717) is 12.7 Å². The van der Waals surface area contributed by atoms with Gasteiger partial charge in [-0.1, -0.05) is 48.5 Å². The van der Waals surface area contributed by atoms with Crippen LogP contribution in [0.25, 0.3) is 11.1 Å². The lowest BCUT2D eigenvalue weighted by atomic mass is 9.97. The Labute approximate surface area is 160 Å². The minimum Gasteiger partial charge on any atom is -0.462 e. The van der Waals surface area contributed by atoms with Gasteiger partial charge >= 0.3 is 5.97 Å². The average Bonchev–Trinajstić information content (AvgIpc) is 3.38. The maximum Gasteiger partial charge on any atom is 0.318 e. The van der Waals surface area contributed by atoms with Gasteiger partial charge in [-0.2, -0.15) is 0 Å². The fraction of sp³-hybridized carbons (Fsp3) is 0.458. The highest BCUT2D eigenvalue weighted by Crippen LogP contribution is 2.47. The summed E-state index contributed by atoms with van der Waals surface area (Å²) in [6, 6.07) is 16.3. The molecule has 4 atom stereocenters. The molecule has 3 aliphatic carbocycles. The van der Waals surface area contributed by atoms with Gasteiger partial charge in [-0.05, 0) is 66.7 Å². The molecule has 3 heteroatoms. The summed E-state index contributed by atoms with van der Waals surface area (Å²) >= 11 is 0. The number of esters is 1. The summed E-state index contributed by atoms with van der Waals surface area (Å²) in [5.41, 5.74) is 4.37.